The smallest absolute Gasteiger partial charge is 0.222 e. The van der Waals surface area contributed by atoms with Crippen LogP contribution in [0.1, 0.15) is 96.2 Å². The lowest BCUT2D eigenvalue weighted by atomic mass is 9.92. The maximum atomic E-state index is 12.3. The van der Waals surface area contributed by atoms with Crippen molar-refractivity contribution in [3.63, 3.8) is 0 Å². The molecular weight excluding hydrogens is 715 g/mol. The number of ether oxygens (including phenoxy) is 5. The zero-order chi connectivity index (χ0) is 39.6. The highest BCUT2D eigenvalue weighted by Crippen LogP contribution is 2.29. The Kier molecular flexibility index (Phi) is 22.1. The van der Waals surface area contributed by atoms with E-state index in [-0.39, 0.29) is 17.9 Å². The molecular formula is C42H69N7O7. The molecule has 314 valence electrons. The van der Waals surface area contributed by atoms with Crippen LogP contribution in [-0.2, 0) is 46.2 Å². The van der Waals surface area contributed by atoms with E-state index in [9.17, 15) is 9.59 Å². The number of nitrogens with one attached hydrogen (secondary N) is 2. The molecule has 1 fully saturated rings. The number of pyridine rings is 1. The van der Waals surface area contributed by atoms with Crippen molar-refractivity contribution >= 4 is 39.6 Å². The van der Waals surface area contributed by atoms with Crippen molar-refractivity contribution in [2.24, 2.45) is 11.7 Å². The van der Waals surface area contributed by atoms with E-state index in [1.807, 2.05) is 18.2 Å². The first-order chi connectivity index (χ1) is 27.5. The molecule has 0 saturated heterocycles. The molecule has 2 amide bonds. The summed E-state index contributed by atoms with van der Waals surface area (Å²) in [6.45, 7) is 8.55. The Labute approximate surface area is 333 Å². The summed E-state index contributed by atoms with van der Waals surface area (Å²) in [6, 6.07) is 8.23. The van der Waals surface area contributed by atoms with Crippen LogP contribution < -0.4 is 22.1 Å². The highest BCUT2D eigenvalue weighted by atomic mass is 16.6. The van der Waals surface area contributed by atoms with Gasteiger partial charge >= 0.3 is 0 Å². The minimum atomic E-state index is -0.0195. The number of amides is 2. The number of benzene rings is 1. The van der Waals surface area contributed by atoms with Gasteiger partial charge in [0, 0.05) is 50.3 Å². The van der Waals surface area contributed by atoms with Gasteiger partial charge in [-0.05, 0) is 44.1 Å². The number of imidazole rings is 1. The monoisotopic (exact) mass is 784 g/mol. The Morgan fingerprint density at radius 3 is 2.00 bits per heavy atom. The van der Waals surface area contributed by atoms with Crippen LogP contribution >= 0.6 is 0 Å². The van der Waals surface area contributed by atoms with Crippen LogP contribution in [0.15, 0.2) is 24.3 Å². The molecule has 14 nitrogen and oxygen atoms in total. The Hall–Kier alpha value is -3.40. The second-order valence-corrected chi connectivity index (χ2v) is 14.7. The number of unbranched alkanes of at least 4 members (excludes halogenated alkanes) is 2. The third-order valence-corrected chi connectivity index (χ3v) is 10.3. The second kappa shape index (κ2) is 27.3. The third-order valence-electron chi connectivity index (χ3n) is 10.3. The lowest BCUT2D eigenvalue weighted by Crippen LogP contribution is -2.39. The first-order valence-corrected chi connectivity index (χ1v) is 21.2. The van der Waals surface area contributed by atoms with E-state index in [0.717, 1.165) is 79.3 Å². The Morgan fingerprint density at radius 2 is 1.34 bits per heavy atom. The first-order valence-electron chi connectivity index (χ1n) is 21.2. The number of nitrogens with two attached hydrogens (primary N) is 2. The molecule has 1 saturated carbocycles. The fourth-order valence-corrected chi connectivity index (χ4v) is 7.05. The number of carbonyl (C=O) groups is 2. The van der Waals surface area contributed by atoms with Gasteiger partial charge in [-0.1, -0.05) is 63.6 Å². The van der Waals surface area contributed by atoms with Crippen LogP contribution in [0.3, 0.4) is 0 Å². The molecule has 6 N–H and O–H groups in total. The standard InChI is InChI=1S/C42H69N7O7/c1-2-3-17-37-48-40-41(34-14-9-10-16-36(34)47-42(40)44)49(37)21-12-11-20-45-38(50)18-22-52-24-26-54-28-30-56-31-29-55-27-25-53-23-19-39(51)46-32-33-13-7-5-4-6-8-15-35(33)43/h9-10,14,16,33,35H,2-8,11-13,15,17-32,43H2,1H3,(H2,44,47)(H,45,50)(H,46,51). The van der Waals surface area contributed by atoms with Gasteiger partial charge in [-0.3, -0.25) is 9.59 Å². The third kappa shape index (κ3) is 16.6. The van der Waals surface area contributed by atoms with Crippen LogP contribution in [0.25, 0.3) is 21.9 Å². The molecule has 0 aliphatic heterocycles. The number of nitrogens with zero attached hydrogens (tertiary/aromatic N) is 3. The maximum Gasteiger partial charge on any atom is 0.222 e. The van der Waals surface area contributed by atoms with E-state index in [0.29, 0.717) is 104 Å². The number of anilines is 1. The summed E-state index contributed by atoms with van der Waals surface area (Å²) in [5.74, 6) is 1.86. The van der Waals surface area contributed by atoms with Gasteiger partial charge in [0.1, 0.15) is 11.3 Å². The number of aryl methyl sites for hydroxylation is 2. The van der Waals surface area contributed by atoms with Crippen molar-refractivity contribution in [2.75, 3.05) is 84.9 Å². The number of aromatic nitrogens is 3. The number of rotatable bonds is 28. The van der Waals surface area contributed by atoms with E-state index < -0.39 is 0 Å². The van der Waals surface area contributed by atoms with Gasteiger partial charge in [0.2, 0.25) is 11.8 Å². The normalized spacial score (nSPS) is 16.5. The van der Waals surface area contributed by atoms with Crippen molar-refractivity contribution < 1.29 is 33.3 Å². The van der Waals surface area contributed by atoms with Crippen molar-refractivity contribution in [1.82, 2.24) is 25.2 Å². The average molecular weight is 784 g/mol. The molecule has 14 heteroatoms. The highest BCUT2D eigenvalue weighted by Gasteiger charge is 2.20. The van der Waals surface area contributed by atoms with Crippen molar-refractivity contribution in [3.05, 3.63) is 30.1 Å². The number of carbonyl (C=O) groups excluding carboxylic acids is 2. The Balaban J connectivity index is 0.915. The minimum absolute atomic E-state index is 0.0117. The zero-order valence-electron chi connectivity index (χ0n) is 33.9. The molecule has 1 aliphatic rings. The van der Waals surface area contributed by atoms with Gasteiger partial charge in [0.25, 0.3) is 0 Å². The minimum Gasteiger partial charge on any atom is -0.382 e. The quantitative estimate of drug-likeness (QED) is 0.0721. The van der Waals surface area contributed by atoms with Gasteiger partial charge in [-0.2, -0.15) is 0 Å². The molecule has 0 spiro atoms. The van der Waals surface area contributed by atoms with Crippen molar-refractivity contribution in [3.8, 4) is 0 Å². The SMILES string of the molecule is CCCCc1nc2c(N)nc3ccccc3c2n1CCCCNC(=O)CCOCCOCCOCCOCCOCCC(=O)NCC1CCCCCCCC1N. The summed E-state index contributed by atoms with van der Waals surface area (Å²) in [5, 5.41) is 7.12. The molecule has 2 heterocycles. The lowest BCUT2D eigenvalue weighted by Gasteiger charge is -2.23. The summed E-state index contributed by atoms with van der Waals surface area (Å²) < 4.78 is 30.0. The van der Waals surface area contributed by atoms with Crippen LogP contribution in [-0.4, -0.2) is 112 Å². The molecule has 3 aromatic rings. The number of hydrogen-bond acceptors (Lipinski definition) is 11. The molecule has 4 rings (SSSR count). The molecule has 0 bridgehead atoms. The summed E-state index contributed by atoms with van der Waals surface area (Å²) in [4.78, 5) is 34.0. The van der Waals surface area contributed by atoms with Gasteiger partial charge in [0.15, 0.2) is 5.82 Å². The van der Waals surface area contributed by atoms with E-state index >= 15 is 0 Å². The molecule has 2 atom stereocenters. The Bertz CT molecular complexity index is 1550. The average Bonchev–Trinajstić information content (AvgIpc) is 3.61. The molecule has 0 radical (unpaired) electrons. The molecule has 56 heavy (non-hydrogen) atoms. The van der Waals surface area contributed by atoms with Crippen molar-refractivity contribution in [2.45, 2.75) is 109 Å². The van der Waals surface area contributed by atoms with E-state index in [1.54, 1.807) is 0 Å². The van der Waals surface area contributed by atoms with Gasteiger partial charge < -0.3 is 50.4 Å². The second-order valence-electron chi connectivity index (χ2n) is 14.7. The molecule has 1 aliphatic carbocycles. The molecule has 2 aromatic heterocycles. The van der Waals surface area contributed by atoms with E-state index in [2.05, 4.69) is 33.2 Å². The first kappa shape index (κ1) is 45.3. The number of nitrogen functional groups attached to an aromatic ring is 1. The number of hydrogen-bond donors (Lipinski definition) is 4. The fraction of sp³-hybridized carbons (Fsp3) is 0.714. The van der Waals surface area contributed by atoms with Crippen LogP contribution in [0.4, 0.5) is 5.82 Å². The van der Waals surface area contributed by atoms with Gasteiger partial charge in [-0.25, -0.2) is 9.97 Å². The largest absolute Gasteiger partial charge is 0.382 e. The van der Waals surface area contributed by atoms with Gasteiger partial charge in [0.05, 0.1) is 77.1 Å². The summed E-state index contributed by atoms with van der Waals surface area (Å²) in [5.41, 5.74) is 15.4. The lowest BCUT2D eigenvalue weighted by molar-refractivity contribution is -0.123. The topological polar surface area (TPSA) is 187 Å². The Morgan fingerprint density at radius 1 is 0.750 bits per heavy atom. The maximum absolute atomic E-state index is 12.3. The molecule has 2 unspecified atom stereocenters. The van der Waals surface area contributed by atoms with E-state index in [1.165, 1.54) is 32.1 Å². The van der Waals surface area contributed by atoms with Crippen LogP contribution in [0.2, 0.25) is 0 Å². The van der Waals surface area contributed by atoms with E-state index in [4.69, 9.17) is 40.1 Å². The number of fused-ring (bicyclic) bond motifs is 3. The highest BCUT2D eigenvalue weighted by molar-refractivity contribution is 6.06. The zero-order valence-corrected chi connectivity index (χ0v) is 33.9. The van der Waals surface area contributed by atoms with Crippen molar-refractivity contribution in [1.29, 1.82) is 0 Å². The summed E-state index contributed by atoms with van der Waals surface area (Å²) in [7, 11) is 0. The van der Waals surface area contributed by atoms with Gasteiger partial charge in [-0.15, -0.1) is 0 Å². The number of para-hydroxylation sites is 1. The summed E-state index contributed by atoms with van der Waals surface area (Å²) >= 11 is 0. The fourth-order valence-electron chi connectivity index (χ4n) is 7.05. The summed E-state index contributed by atoms with van der Waals surface area (Å²) in [6.07, 6.45) is 13.8. The van der Waals surface area contributed by atoms with Crippen LogP contribution in [0, 0.1) is 5.92 Å². The molecule has 1 aromatic carbocycles. The predicted octanol–water partition coefficient (Wildman–Crippen LogP) is 5.07. The van der Waals surface area contributed by atoms with Crippen LogP contribution in [0.5, 0.6) is 0 Å². The predicted molar refractivity (Wildman–Crippen MR) is 220 cm³/mol.